The number of nitrogens with two attached hydrogens (primary N) is 1. The van der Waals surface area contributed by atoms with Crippen molar-refractivity contribution in [3.8, 4) is 0 Å². The van der Waals surface area contributed by atoms with Crippen molar-refractivity contribution in [1.29, 1.82) is 0 Å². The van der Waals surface area contributed by atoms with Crippen LogP contribution in [0.5, 0.6) is 0 Å². The van der Waals surface area contributed by atoms with Gasteiger partial charge in [0, 0.05) is 6.42 Å². The molecule has 0 atom stereocenters. The van der Waals surface area contributed by atoms with Gasteiger partial charge in [0.2, 0.25) is 0 Å². The SMILES string of the molecule is NN[SiH2]CCCCCCCCCCCCCCCC(=O)O. The van der Waals surface area contributed by atoms with E-state index in [4.69, 9.17) is 10.9 Å². The minimum Gasteiger partial charge on any atom is -0.481 e. The highest BCUT2D eigenvalue weighted by atomic mass is 28.2. The van der Waals surface area contributed by atoms with E-state index in [0.29, 0.717) is 6.42 Å². The Balaban J connectivity index is 2.95. The summed E-state index contributed by atoms with van der Waals surface area (Å²) in [5.74, 6) is 4.62. The quantitative estimate of drug-likeness (QED) is 0.166. The first-order valence-electron chi connectivity index (χ1n) is 8.92. The summed E-state index contributed by atoms with van der Waals surface area (Å²) in [7, 11) is -0.145. The number of nitrogens with one attached hydrogen (secondary N) is 1. The summed E-state index contributed by atoms with van der Waals surface area (Å²) >= 11 is 0. The smallest absolute Gasteiger partial charge is 0.303 e. The highest BCUT2D eigenvalue weighted by Gasteiger charge is 1.97. The van der Waals surface area contributed by atoms with Crippen molar-refractivity contribution < 1.29 is 9.90 Å². The molecule has 0 rings (SSSR count). The first-order valence-corrected chi connectivity index (χ1v) is 10.6. The van der Waals surface area contributed by atoms with Crippen LogP contribution >= 0.6 is 0 Å². The molecule has 0 saturated heterocycles. The van der Waals surface area contributed by atoms with Crippen LogP contribution in [0.4, 0.5) is 0 Å². The molecule has 0 aliphatic rings. The van der Waals surface area contributed by atoms with Gasteiger partial charge in [0.1, 0.15) is 9.68 Å². The summed E-state index contributed by atoms with van der Waals surface area (Å²) < 4.78 is 0. The highest BCUT2D eigenvalue weighted by Crippen LogP contribution is 2.13. The summed E-state index contributed by atoms with van der Waals surface area (Å²) in [5, 5.41) is 11.4. The number of hydrogen-bond acceptors (Lipinski definition) is 3. The Kier molecular flexibility index (Phi) is 17.3. The van der Waals surface area contributed by atoms with E-state index in [1.54, 1.807) is 0 Å². The van der Waals surface area contributed by atoms with Crippen molar-refractivity contribution >= 4 is 15.7 Å². The molecule has 0 unspecified atom stereocenters. The zero-order valence-electron chi connectivity index (χ0n) is 13.7. The van der Waals surface area contributed by atoms with Crippen molar-refractivity contribution in [2.75, 3.05) is 0 Å². The monoisotopic (exact) mass is 316 g/mol. The fourth-order valence-electron chi connectivity index (χ4n) is 2.62. The van der Waals surface area contributed by atoms with Crippen LogP contribution in [0.2, 0.25) is 6.04 Å². The Labute approximate surface area is 133 Å². The second-order valence-electron chi connectivity index (χ2n) is 6.05. The number of rotatable bonds is 17. The average Bonchev–Trinajstić information content (AvgIpc) is 2.46. The third-order valence-electron chi connectivity index (χ3n) is 3.96. The van der Waals surface area contributed by atoms with Crippen molar-refractivity contribution in [3.63, 3.8) is 0 Å². The lowest BCUT2D eigenvalue weighted by Gasteiger charge is -2.03. The molecule has 0 saturated carbocycles. The Morgan fingerprint density at radius 2 is 1.14 bits per heavy atom. The number of carbonyl (C=O) groups is 1. The Hall–Kier alpha value is -0.393. The van der Waals surface area contributed by atoms with Crippen LogP contribution in [0.25, 0.3) is 0 Å². The van der Waals surface area contributed by atoms with Gasteiger partial charge in [-0.3, -0.25) is 15.7 Å². The minimum atomic E-state index is -0.659. The molecule has 0 aromatic carbocycles. The molecule has 0 aliphatic heterocycles. The third kappa shape index (κ3) is 19.6. The summed E-state index contributed by atoms with van der Waals surface area (Å²) in [6.45, 7) is 0. The average molecular weight is 317 g/mol. The standard InChI is InChI=1S/C16H36N2O2Si/c17-18-21-15-13-11-9-7-5-3-1-2-4-6-8-10-12-14-16(19)20/h18H,1-15,17,21H2,(H,19,20). The van der Waals surface area contributed by atoms with Gasteiger partial charge in [-0.1, -0.05) is 77.0 Å². The number of carboxylic acid groups (broad SMARTS) is 1. The maximum absolute atomic E-state index is 10.3. The predicted octanol–water partition coefficient (Wildman–Crippen LogP) is 3.50. The molecule has 0 bridgehead atoms. The normalized spacial score (nSPS) is 11.5. The topological polar surface area (TPSA) is 75.3 Å². The van der Waals surface area contributed by atoms with E-state index < -0.39 is 5.97 Å². The van der Waals surface area contributed by atoms with Gasteiger partial charge in [-0.25, -0.2) is 0 Å². The van der Waals surface area contributed by atoms with Gasteiger partial charge in [-0.05, 0) is 12.5 Å². The van der Waals surface area contributed by atoms with Gasteiger partial charge in [0.15, 0.2) is 0 Å². The molecule has 4 nitrogen and oxygen atoms in total. The molecule has 0 amide bonds. The number of hydrogen-bond donors (Lipinski definition) is 3. The molecule has 21 heavy (non-hydrogen) atoms. The number of carboxylic acids is 1. The third-order valence-corrected chi connectivity index (χ3v) is 5.10. The zero-order valence-corrected chi connectivity index (χ0v) is 15.2. The second kappa shape index (κ2) is 17.7. The van der Waals surface area contributed by atoms with Crippen LogP contribution in [0.1, 0.15) is 89.9 Å². The van der Waals surface area contributed by atoms with Gasteiger partial charge in [-0.15, -0.1) is 0 Å². The van der Waals surface area contributed by atoms with Crippen LogP contribution in [-0.4, -0.2) is 20.8 Å². The summed E-state index contributed by atoms with van der Waals surface area (Å²) in [6.07, 6.45) is 17.1. The van der Waals surface area contributed by atoms with Crippen molar-refractivity contribution in [3.05, 3.63) is 0 Å². The molecule has 0 aromatic rings. The molecular formula is C16H36N2O2Si. The van der Waals surface area contributed by atoms with Gasteiger partial charge in [0.25, 0.3) is 0 Å². The van der Waals surface area contributed by atoms with Crippen LogP contribution in [-0.2, 0) is 4.79 Å². The summed E-state index contributed by atoms with van der Waals surface area (Å²) in [4.78, 5) is 10.3. The van der Waals surface area contributed by atoms with Crippen LogP contribution in [0.15, 0.2) is 0 Å². The van der Waals surface area contributed by atoms with E-state index in [1.807, 2.05) is 0 Å². The number of aliphatic carboxylic acids is 1. The van der Waals surface area contributed by atoms with Crippen LogP contribution in [0, 0.1) is 0 Å². The largest absolute Gasteiger partial charge is 0.481 e. The molecule has 0 radical (unpaired) electrons. The lowest BCUT2D eigenvalue weighted by Crippen LogP contribution is -2.25. The highest BCUT2D eigenvalue weighted by molar-refractivity contribution is 6.31. The van der Waals surface area contributed by atoms with E-state index in [-0.39, 0.29) is 9.68 Å². The summed E-state index contributed by atoms with van der Waals surface area (Å²) in [6, 6.07) is 1.34. The number of unbranched alkanes of at least 4 members (excludes halogenated alkanes) is 12. The first kappa shape index (κ1) is 20.6. The molecule has 0 heterocycles. The fourth-order valence-corrected chi connectivity index (χ4v) is 3.43. The van der Waals surface area contributed by atoms with E-state index in [0.717, 1.165) is 12.8 Å². The molecule has 5 heteroatoms. The second-order valence-corrected chi connectivity index (χ2v) is 7.66. The van der Waals surface area contributed by atoms with Crippen LogP contribution in [0.3, 0.4) is 0 Å². The molecule has 0 spiro atoms. The maximum atomic E-state index is 10.3. The molecular weight excluding hydrogens is 280 g/mol. The van der Waals surface area contributed by atoms with E-state index in [1.165, 1.54) is 76.7 Å². The van der Waals surface area contributed by atoms with Gasteiger partial charge in [0.05, 0.1) is 0 Å². The first-order chi connectivity index (χ1) is 10.3. The van der Waals surface area contributed by atoms with Gasteiger partial charge >= 0.3 is 5.97 Å². The van der Waals surface area contributed by atoms with Crippen molar-refractivity contribution in [2.45, 2.75) is 95.9 Å². The van der Waals surface area contributed by atoms with Gasteiger partial charge < -0.3 is 5.11 Å². The Morgan fingerprint density at radius 3 is 1.52 bits per heavy atom. The molecule has 4 N–H and O–H groups in total. The molecule has 126 valence electrons. The van der Waals surface area contributed by atoms with E-state index in [2.05, 4.69) is 5.09 Å². The predicted molar refractivity (Wildman–Crippen MR) is 92.9 cm³/mol. The molecule has 0 aromatic heterocycles. The van der Waals surface area contributed by atoms with E-state index >= 15 is 0 Å². The molecule has 0 aliphatic carbocycles. The van der Waals surface area contributed by atoms with Crippen LogP contribution < -0.4 is 10.9 Å². The van der Waals surface area contributed by atoms with Crippen molar-refractivity contribution in [2.24, 2.45) is 5.84 Å². The Bertz CT molecular complexity index is 228. The summed E-state index contributed by atoms with van der Waals surface area (Å²) in [5.41, 5.74) is 0. The zero-order chi connectivity index (χ0) is 15.6. The lowest BCUT2D eigenvalue weighted by atomic mass is 10.0. The lowest BCUT2D eigenvalue weighted by molar-refractivity contribution is -0.137. The van der Waals surface area contributed by atoms with E-state index in [9.17, 15) is 4.79 Å². The minimum absolute atomic E-state index is 0.145. The maximum Gasteiger partial charge on any atom is 0.303 e. The number of hydrazine groups is 1. The molecule has 0 fully saturated rings. The Morgan fingerprint density at radius 1 is 0.762 bits per heavy atom. The van der Waals surface area contributed by atoms with Gasteiger partial charge in [-0.2, -0.15) is 0 Å². The van der Waals surface area contributed by atoms with Crippen molar-refractivity contribution in [1.82, 2.24) is 5.09 Å². The fraction of sp³-hybridized carbons (Fsp3) is 0.938.